The van der Waals surface area contributed by atoms with Gasteiger partial charge >= 0.3 is 0 Å². The summed E-state index contributed by atoms with van der Waals surface area (Å²) >= 11 is 0. The van der Waals surface area contributed by atoms with Crippen LogP contribution >= 0.6 is 0 Å². The minimum Gasteiger partial charge on any atom is -0.509 e. The van der Waals surface area contributed by atoms with Crippen molar-refractivity contribution in [2.45, 2.75) is 0 Å². The minimum absolute atomic E-state index is 0. The van der Waals surface area contributed by atoms with Crippen LogP contribution in [0.2, 0.25) is 0 Å². The molecule has 5 nitrogen and oxygen atoms in total. The van der Waals surface area contributed by atoms with Gasteiger partial charge in [0.2, 0.25) is 0 Å². The van der Waals surface area contributed by atoms with Crippen LogP contribution in [0.3, 0.4) is 0 Å². The van der Waals surface area contributed by atoms with Crippen LogP contribution in [0.15, 0.2) is 243 Å². The first kappa shape index (κ1) is 43.3. The molecule has 72 heavy (non-hydrogen) atoms. The average Bonchev–Trinajstić information content (AvgIpc) is 4.00. The van der Waals surface area contributed by atoms with E-state index >= 15 is 0 Å². The molecular weight excluding hydrogens is 1060 g/mol. The maximum atomic E-state index is 6.86. The van der Waals surface area contributed by atoms with E-state index in [1.807, 2.05) is 30.5 Å². The van der Waals surface area contributed by atoms with Crippen molar-refractivity contribution in [3.63, 3.8) is 0 Å². The Labute approximate surface area is 431 Å². The van der Waals surface area contributed by atoms with Gasteiger partial charge in [0, 0.05) is 83.2 Å². The van der Waals surface area contributed by atoms with E-state index in [4.69, 9.17) is 9.72 Å². The zero-order chi connectivity index (χ0) is 46.8. The maximum absolute atomic E-state index is 6.86. The van der Waals surface area contributed by atoms with Crippen molar-refractivity contribution in [1.82, 2.24) is 9.38 Å². The predicted molar refractivity (Wildman–Crippen MR) is 293 cm³/mol. The number of pyridine rings is 1. The molecule has 1 aliphatic heterocycles. The number of benzene rings is 10. The van der Waals surface area contributed by atoms with Gasteiger partial charge in [0.1, 0.15) is 5.65 Å². The predicted octanol–water partition coefficient (Wildman–Crippen LogP) is 17.5. The second-order valence-corrected chi connectivity index (χ2v) is 18.0. The standard InChI is InChI=1S/C66H41N4O.Pt/c1-4-19-44(20-5-1)47-39-59-56-30-13-11-28-54(56)53-27-10-12-29-55(53)58-33-18-38-67-66(58)70-63-42-50(36-37-57(63)60(40-47)65(59)70)71-49-26-16-25-48(41-49)68-43-69(62-35-15-14-34-61(62)68)64-51(45-21-6-2-7-22-45)31-17-32-52(64)46-23-8-3-9-24-46;/h1-40,43H;/q-3;. The van der Waals surface area contributed by atoms with Crippen LogP contribution in [-0.2, 0) is 21.1 Å². The smallest absolute Gasteiger partial charge is 0.143 e. The Kier molecular flexibility index (Phi) is 10.7. The Morgan fingerprint density at radius 3 is 1.56 bits per heavy atom. The third kappa shape index (κ3) is 7.15. The van der Waals surface area contributed by atoms with Gasteiger partial charge in [0.15, 0.2) is 0 Å². The third-order valence-electron chi connectivity index (χ3n) is 13.9. The van der Waals surface area contributed by atoms with Gasteiger partial charge in [-0.1, -0.05) is 181 Å². The molecular formula is C66H41N4OPt-3. The second-order valence-electron chi connectivity index (χ2n) is 18.0. The van der Waals surface area contributed by atoms with Crippen LogP contribution in [0.4, 0.5) is 22.7 Å². The summed E-state index contributed by atoms with van der Waals surface area (Å²) in [4.78, 5) is 9.72. The number of hydrogen-bond acceptors (Lipinski definition) is 4. The molecule has 1 aliphatic rings. The summed E-state index contributed by atoms with van der Waals surface area (Å²) in [6, 6.07) is 91.1. The SMILES string of the molecule is [Pt].[c-]1c(Oc2[c-]c3c(cc2)c2cc(-c4ccccc4)cc4c5ccccc5c5ccccc5c5cccnc5n3c42)cccc1N1[CH-]N(c2c(-c3ccccc3)cccc2-c2ccccc2)c2ccccc21. The van der Waals surface area contributed by atoms with Crippen molar-refractivity contribution in [2.24, 2.45) is 0 Å². The number of ether oxygens (including phenoxy) is 1. The van der Waals surface area contributed by atoms with E-state index in [1.54, 1.807) is 0 Å². The monoisotopic (exact) mass is 1100 g/mol. The molecule has 0 atom stereocenters. The van der Waals surface area contributed by atoms with E-state index in [9.17, 15) is 0 Å². The molecule has 14 rings (SSSR count). The number of para-hydroxylation sites is 3. The fourth-order valence-electron chi connectivity index (χ4n) is 10.8. The van der Waals surface area contributed by atoms with E-state index < -0.39 is 0 Å². The summed E-state index contributed by atoms with van der Waals surface area (Å²) in [7, 11) is 0. The third-order valence-corrected chi connectivity index (χ3v) is 13.9. The van der Waals surface area contributed by atoms with E-state index in [-0.39, 0.29) is 21.1 Å². The van der Waals surface area contributed by atoms with Gasteiger partial charge in [0.05, 0.1) is 0 Å². The van der Waals surface area contributed by atoms with Crippen LogP contribution in [0, 0.1) is 18.8 Å². The normalized spacial score (nSPS) is 12.2. The summed E-state index contributed by atoms with van der Waals surface area (Å²) in [6.07, 6.45) is 1.89. The van der Waals surface area contributed by atoms with E-state index in [2.05, 4.69) is 245 Å². The van der Waals surface area contributed by atoms with Gasteiger partial charge < -0.3 is 18.9 Å². The number of hydrogen-bond donors (Lipinski definition) is 0. The van der Waals surface area contributed by atoms with Crippen LogP contribution in [0.1, 0.15) is 0 Å². The van der Waals surface area contributed by atoms with E-state index in [0.717, 1.165) is 111 Å². The van der Waals surface area contributed by atoms with Gasteiger partial charge in [-0.2, -0.15) is 12.1 Å². The molecule has 0 N–H and O–H groups in total. The molecule has 0 radical (unpaired) electrons. The Hall–Kier alpha value is -8.76. The van der Waals surface area contributed by atoms with Crippen molar-refractivity contribution in [1.29, 1.82) is 0 Å². The summed E-state index contributed by atoms with van der Waals surface area (Å²) in [5, 5.41) is 8.93. The topological polar surface area (TPSA) is 33.0 Å². The van der Waals surface area contributed by atoms with E-state index in [0.29, 0.717) is 11.5 Å². The number of rotatable bonds is 7. The molecule has 4 heterocycles. The van der Waals surface area contributed by atoms with Crippen molar-refractivity contribution in [2.75, 3.05) is 9.80 Å². The first-order chi connectivity index (χ1) is 35.2. The summed E-state index contributed by atoms with van der Waals surface area (Å²) < 4.78 is 9.16. The molecule has 0 unspecified atom stereocenters. The summed E-state index contributed by atoms with van der Waals surface area (Å²) in [5.74, 6) is 1.15. The molecule has 13 aromatic rings. The molecule has 0 saturated heterocycles. The molecule has 0 bridgehead atoms. The molecule has 3 aromatic heterocycles. The Bertz CT molecular complexity index is 4190. The van der Waals surface area contributed by atoms with Gasteiger partial charge in [-0.15, -0.1) is 48.1 Å². The van der Waals surface area contributed by atoms with Gasteiger partial charge in [-0.05, 0) is 79.5 Å². The quantitative estimate of drug-likeness (QED) is 0.149. The van der Waals surface area contributed by atoms with Crippen LogP contribution in [0.25, 0.3) is 93.2 Å². The van der Waals surface area contributed by atoms with Crippen LogP contribution in [-0.4, -0.2) is 9.38 Å². The number of anilines is 4. The largest absolute Gasteiger partial charge is 0.509 e. The number of nitrogens with zero attached hydrogens (tertiary/aromatic N) is 4. The molecule has 0 aliphatic carbocycles. The average molecular weight is 1100 g/mol. The first-order valence-corrected chi connectivity index (χ1v) is 23.9. The molecule has 0 amide bonds. The fourth-order valence-corrected chi connectivity index (χ4v) is 10.8. The molecule has 6 heteroatoms. The van der Waals surface area contributed by atoms with Gasteiger partial charge in [-0.25, -0.2) is 4.98 Å². The molecule has 10 aromatic carbocycles. The zero-order valence-electron chi connectivity index (χ0n) is 38.7. The maximum Gasteiger partial charge on any atom is 0.143 e. The Balaban J connectivity index is 0.00000504. The molecule has 0 fully saturated rings. The molecule has 344 valence electrons. The minimum atomic E-state index is 0. The summed E-state index contributed by atoms with van der Waals surface area (Å²) in [5.41, 5.74) is 13.7. The van der Waals surface area contributed by atoms with Crippen molar-refractivity contribution >= 4 is 82.5 Å². The number of fused-ring (bicyclic) bond motifs is 11. The molecule has 0 spiro atoms. The van der Waals surface area contributed by atoms with Crippen molar-refractivity contribution in [3.05, 3.63) is 262 Å². The fraction of sp³-hybridized carbons (Fsp3) is 0. The Morgan fingerprint density at radius 1 is 0.389 bits per heavy atom. The summed E-state index contributed by atoms with van der Waals surface area (Å²) in [6.45, 7) is 2.18. The number of aromatic nitrogens is 2. The van der Waals surface area contributed by atoms with Gasteiger partial charge in [0.25, 0.3) is 0 Å². The van der Waals surface area contributed by atoms with Crippen molar-refractivity contribution < 1.29 is 25.8 Å². The van der Waals surface area contributed by atoms with Crippen LogP contribution in [0.5, 0.6) is 11.5 Å². The van der Waals surface area contributed by atoms with Crippen LogP contribution < -0.4 is 14.5 Å². The Morgan fingerprint density at radius 2 is 0.903 bits per heavy atom. The second kappa shape index (κ2) is 17.9. The zero-order valence-corrected chi connectivity index (χ0v) is 41.0. The molecule has 0 saturated carbocycles. The van der Waals surface area contributed by atoms with Crippen molar-refractivity contribution in [3.8, 4) is 44.9 Å². The first-order valence-electron chi connectivity index (χ1n) is 23.9. The van der Waals surface area contributed by atoms with E-state index in [1.165, 1.54) is 5.39 Å². The van der Waals surface area contributed by atoms with Gasteiger partial charge in [-0.3, -0.25) is 0 Å².